The Kier molecular flexibility index (Phi) is 4.74. The molecule has 4 amide bonds. The van der Waals surface area contributed by atoms with Crippen LogP contribution in [0.5, 0.6) is 0 Å². The molecular weight excluding hydrogens is 334 g/mol. The second-order valence-electron chi connectivity index (χ2n) is 5.70. The fourth-order valence-corrected chi connectivity index (χ4v) is 3.09. The lowest BCUT2D eigenvalue weighted by Crippen LogP contribution is -2.49. The zero-order valence-electron chi connectivity index (χ0n) is 12.8. The second-order valence-corrected chi connectivity index (χ2v) is 6.53. The van der Waals surface area contributed by atoms with Gasteiger partial charge in [0.1, 0.15) is 0 Å². The van der Waals surface area contributed by atoms with Crippen LogP contribution in [0.15, 0.2) is 5.38 Å². The van der Waals surface area contributed by atoms with E-state index in [4.69, 9.17) is 0 Å². The van der Waals surface area contributed by atoms with Gasteiger partial charge in [-0.2, -0.15) is 0 Å². The van der Waals surface area contributed by atoms with Crippen LogP contribution < -0.4 is 21.1 Å². The van der Waals surface area contributed by atoms with Gasteiger partial charge in [-0.1, -0.05) is 0 Å². The Labute approximate surface area is 141 Å². The van der Waals surface area contributed by atoms with Gasteiger partial charge in [-0.3, -0.25) is 34.9 Å². The number of nitrogens with one attached hydrogen (secondary N) is 3. The lowest BCUT2D eigenvalue weighted by Gasteiger charge is -2.10. The highest BCUT2D eigenvalue weighted by atomic mass is 32.1. The third-order valence-corrected chi connectivity index (χ3v) is 4.53. The van der Waals surface area contributed by atoms with Crippen molar-refractivity contribution in [3.8, 4) is 0 Å². The number of hydrogen-bond donors (Lipinski definition) is 3. The molecule has 1 saturated heterocycles. The molecule has 0 spiro atoms. The molecule has 3 N–H and O–H groups in total. The average molecular weight is 351 g/mol. The minimum absolute atomic E-state index is 0.0364. The van der Waals surface area contributed by atoms with Gasteiger partial charge < -0.3 is 5.32 Å². The van der Waals surface area contributed by atoms with Crippen LogP contribution in [0.4, 0.5) is 5.13 Å². The van der Waals surface area contributed by atoms with Gasteiger partial charge in [-0.15, -0.1) is 11.3 Å². The van der Waals surface area contributed by atoms with Crippen LogP contribution in [0, 0.1) is 0 Å². The maximum Gasteiger partial charge on any atom is 0.327 e. The summed E-state index contributed by atoms with van der Waals surface area (Å²) in [6.45, 7) is 0.643. The summed E-state index contributed by atoms with van der Waals surface area (Å²) < 4.78 is 0. The van der Waals surface area contributed by atoms with Gasteiger partial charge in [-0.25, -0.2) is 4.98 Å². The fraction of sp³-hybridized carbons (Fsp3) is 0.500. The standard InChI is InChI=1S/C14H17N5O4S/c20-10(17-18-13(23)12(22)15-8-3-4-8)6-9-7-24-14(16-9)19-5-1-2-11(19)21/h7-8H,1-6H2,(H,15,22)(H,17,20)(H,18,23). The maximum atomic E-state index is 11.8. The van der Waals surface area contributed by atoms with Crippen molar-refractivity contribution < 1.29 is 19.2 Å². The lowest BCUT2D eigenvalue weighted by molar-refractivity contribution is -0.140. The highest BCUT2D eigenvalue weighted by Gasteiger charge is 2.27. The van der Waals surface area contributed by atoms with Crippen molar-refractivity contribution in [3.63, 3.8) is 0 Å². The summed E-state index contributed by atoms with van der Waals surface area (Å²) in [5.41, 5.74) is 4.75. The summed E-state index contributed by atoms with van der Waals surface area (Å²) in [5, 5.41) is 4.79. The Morgan fingerprint density at radius 1 is 1.25 bits per heavy atom. The summed E-state index contributed by atoms with van der Waals surface area (Å²) >= 11 is 1.30. The SMILES string of the molecule is O=C(Cc1csc(N2CCCC2=O)n1)NNC(=O)C(=O)NC1CC1. The third-order valence-electron chi connectivity index (χ3n) is 3.62. The van der Waals surface area contributed by atoms with Gasteiger partial charge in [-0.05, 0) is 19.3 Å². The van der Waals surface area contributed by atoms with E-state index in [-0.39, 0.29) is 18.4 Å². The Bertz CT molecular complexity index is 684. The molecule has 2 fully saturated rings. The number of hydrogen-bond acceptors (Lipinski definition) is 6. The minimum Gasteiger partial charge on any atom is -0.345 e. The van der Waals surface area contributed by atoms with Crippen LogP contribution in [0.25, 0.3) is 0 Å². The lowest BCUT2D eigenvalue weighted by atomic mass is 10.3. The molecule has 2 aliphatic rings. The summed E-state index contributed by atoms with van der Waals surface area (Å²) in [7, 11) is 0. The fourth-order valence-electron chi connectivity index (χ4n) is 2.22. The molecule has 128 valence electrons. The monoisotopic (exact) mass is 351 g/mol. The minimum atomic E-state index is -0.906. The molecule has 3 rings (SSSR count). The van der Waals surface area contributed by atoms with E-state index in [9.17, 15) is 19.2 Å². The van der Waals surface area contributed by atoms with Gasteiger partial charge in [0.2, 0.25) is 11.8 Å². The van der Waals surface area contributed by atoms with Crippen LogP contribution >= 0.6 is 11.3 Å². The van der Waals surface area contributed by atoms with E-state index in [1.807, 2.05) is 0 Å². The molecule has 0 atom stereocenters. The summed E-state index contributed by atoms with van der Waals surface area (Å²) in [4.78, 5) is 52.2. The number of rotatable bonds is 4. The van der Waals surface area contributed by atoms with Gasteiger partial charge >= 0.3 is 11.8 Å². The first-order chi connectivity index (χ1) is 11.5. The highest BCUT2D eigenvalue weighted by Crippen LogP contribution is 2.25. The van der Waals surface area contributed by atoms with Crippen molar-refractivity contribution in [2.75, 3.05) is 11.4 Å². The van der Waals surface area contributed by atoms with Crippen molar-refractivity contribution in [1.29, 1.82) is 0 Å². The molecule has 0 unspecified atom stereocenters. The van der Waals surface area contributed by atoms with Gasteiger partial charge in [0.05, 0.1) is 12.1 Å². The quantitative estimate of drug-likeness (QED) is 0.486. The molecule has 1 saturated carbocycles. The zero-order chi connectivity index (χ0) is 17.1. The van der Waals surface area contributed by atoms with E-state index < -0.39 is 17.7 Å². The Morgan fingerprint density at radius 3 is 2.71 bits per heavy atom. The number of amides is 4. The number of carbonyl (C=O) groups is 4. The predicted octanol–water partition coefficient (Wildman–Crippen LogP) is -0.762. The number of anilines is 1. The second kappa shape index (κ2) is 6.95. The molecule has 10 heteroatoms. The first-order valence-corrected chi connectivity index (χ1v) is 8.55. The normalized spacial score (nSPS) is 16.8. The summed E-state index contributed by atoms with van der Waals surface area (Å²) in [6.07, 6.45) is 3.02. The van der Waals surface area contributed by atoms with Gasteiger partial charge in [0.15, 0.2) is 5.13 Å². The van der Waals surface area contributed by atoms with E-state index in [0.717, 1.165) is 19.3 Å². The average Bonchev–Trinajstić information content (AvgIpc) is 3.07. The van der Waals surface area contributed by atoms with Crippen LogP contribution in [0.3, 0.4) is 0 Å². The number of carbonyl (C=O) groups excluding carboxylic acids is 4. The Balaban J connectivity index is 1.44. The Morgan fingerprint density at radius 2 is 2.04 bits per heavy atom. The predicted molar refractivity (Wildman–Crippen MR) is 84.9 cm³/mol. The number of nitrogens with zero attached hydrogens (tertiary/aromatic N) is 2. The number of thiazole rings is 1. The van der Waals surface area contributed by atoms with E-state index >= 15 is 0 Å². The molecule has 0 radical (unpaired) electrons. The van der Waals surface area contributed by atoms with Crippen molar-refractivity contribution in [2.24, 2.45) is 0 Å². The van der Waals surface area contributed by atoms with E-state index in [2.05, 4.69) is 21.2 Å². The van der Waals surface area contributed by atoms with Crippen molar-refractivity contribution in [3.05, 3.63) is 11.1 Å². The molecule has 1 aliphatic heterocycles. The highest BCUT2D eigenvalue weighted by molar-refractivity contribution is 7.14. The molecule has 0 bridgehead atoms. The molecule has 0 aromatic carbocycles. The summed E-state index contributed by atoms with van der Waals surface area (Å²) in [5.74, 6) is -2.13. The van der Waals surface area contributed by atoms with Crippen molar-refractivity contribution in [1.82, 2.24) is 21.2 Å². The van der Waals surface area contributed by atoms with Crippen molar-refractivity contribution >= 4 is 40.1 Å². The maximum absolute atomic E-state index is 11.8. The third kappa shape index (κ3) is 4.07. The molecule has 1 aliphatic carbocycles. The number of hydrazine groups is 1. The first kappa shape index (κ1) is 16.4. The van der Waals surface area contributed by atoms with Crippen molar-refractivity contribution in [2.45, 2.75) is 38.1 Å². The summed E-state index contributed by atoms with van der Waals surface area (Å²) in [6, 6.07) is 0.0701. The zero-order valence-corrected chi connectivity index (χ0v) is 13.6. The van der Waals surface area contributed by atoms with E-state index in [0.29, 0.717) is 23.8 Å². The Hall–Kier alpha value is -2.49. The molecular formula is C14H17N5O4S. The van der Waals surface area contributed by atoms with Crippen LogP contribution in [0.1, 0.15) is 31.4 Å². The smallest absolute Gasteiger partial charge is 0.327 e. The topological polar surface area (TPSA) is 120 Å². The molecule has 9 nitrogen and oxygen atoms in total. The largest absolute Gasteiger partial charge is 0.345 e. The number of aromatic nitrogens is 1. The van der Waals surface area contributed by atoms with E-state index in [1.165, 1.54) is 11.3 Å². The van der Waals surface area contributed by atoms with Crippen LogP contribution in [-0.2, 0) is 25.6 Å². The molecule has 2 heterocycles. The molecule has 1 aromatic heterocycles. The van der Waals surface area contributed by atoms with Gasteiger partial charge in [0.25, 0.3) is 0 Å². The van der Waals surface area contributed by atoms with Crippen LogP contribution in [-0.4, -0.2) is 41.2 Å². The first-order valence-electron chi connectivity index (χ1n) is 7.67. The van der Waals surface area contributed by atoms with Crippen LogP contribution in [0.2, 0.25) is 0 Å². The molecule has 24 heavy (non-hydrogen) atoms. The molecule has 1 aromatic rings. The van der Waals surface area contributed by atoms with Gasteiger partial charge in [0, 0.05) is 24.4 Å². The van der Waals surface area contributed by atoms with E-state index in [1.54, 1.807) is 10.3 Å².